The number of carbonyl (C=O) groups excluding carboxylic acids is 1. The molecule has 0 amide bonds. The Morgan fingerprint density at radius 2 is 2.21 bits per heavy atom. The fourth-order valence-electron chi connectivity index (χ4n) is 2.81. The number of methoxy groups -OCH3 is 1. The van der Waals surface area contributed by atoms with Crippen LogP contribution in [0.3, 0.4) is 0 Å². The Morgan fingerprint density at radius 1 is 1.47 bits per heavy atom. The van der Waals surface area contributed by atoms with Gasteiger partial charge in [0.25, 0.3) is 0 Å². The van der Waals surface area contributed by atoms with Crippen molar-refractivity contribution in [1.29, 1.82) is 0 Å². The molecule has 19 heavy (non-hydrogen) atoms. The maximum Gasteiger partial charge on any atom is 0.327 e. The quantitative estimate of drug-likeness (QED) is 0.693. The zero-order valence-electron chi connectivity index (χ0n) is 12.3. The van der Waals surface area contributed by atoms with Gasteiger partial charge >= 0.3 is 5.97 Å². The van der Waals surface area contributed by atoms with E-state index in [2.05, 4.69) is 10.2 Å². The van der Waals surface area contributed by atoms with Crippen molar-refractivity contribution in [2.45, 2.75) is 50.3 Å². The SMILES string of the molecule is COC(=O)C(C)(CN(C)CC1CCCO1)NC1CC1. The Balaban J connectivity index is 1.88. The lowest BCUT2D eigenvalue weighted by atomic mass is 10.0. The van der Waals surface area contributed by atoms with Crippen molar-refractivity contribution >= 4 is 5.97 Å². The summed E-state index contributed by atoms with van der Waals surface area (Å²) in [6.45, 7) is 4.32. The number of esters is 1. The molecule has 2 rings (SSSR count). The Kier molecular flexibility index (Phi) is 4.81. The summed E-state index contributed by atoms with van der Waals surface area (Å²) in [4.78, 5) is 14.2. The fraction of sp³-hybridized carbons (Fsp3) is 0.929. The van der Waals surface area contributed by atoms with Crippen LogP contribution in [0.2, 0.25) is 0 Å². The van der Waals surface area contributed by atoms with Crippen molar-refractivity contribution in [1.82, 2.24) is 10.2 Å². The second-order valence-electron chi connectivity index (χ2n) is 6.07. The average molecular weight is 270 g/mol. The summed E-state index contributed by atoms with van der Waals surface area (Å²) in [5.41, 5.74) is -0.622. The molecule has 1 heterocycles. The summed E-state index contributed by atoms with van der Waals surface area (Å²) in [5, 5.41) is 3.42. The summed E-state index contributed by atoms with van der Waals surface area (Å²) in [6.07, 6.45) is 4.89. The van der Waals surface area contributed by atoms with Gasteiger partial charge in [0.05, 0.1) is 13.2 Å². The normalized spacial score (nSPS) is 26.4. The van der Waals surface area contributed by atoms with Crippen molar-refractivity contribution in [3.05, 3.63) is 0 Å². The van der Waals surface area contributed by atoms with E-state index in [9.17, 15) is 4.79 Å². The van der Waals surface area contributed by atoms with Crippen LogP contribution in [0.4, 0.5) is 0 Å². The molecule has 0 aromatic rings. The summed E-state index contributed by atoms with van der Waals surface area (Å²) in [6, 6.07) is 0.472. The Labute approximate surface area is 115 Å². The highest BCUT2D eigenvalue weighted by Gasteiger charge is 2.40. The lowest BCUT2D eigenvalue weighted by Crippen LogP contribution is -2.58. The second kappa shape index (κ2) is 6.20. The molecule has 0 spiro atoms. The number of nitrogens with zero attached hydrogens (tertiary/aromatic N) is 1. The standard InChI is InChI=1S/C14H26N2O3/c1-14(13(17)18-3,15-11-6-7-11)10-16(2)9-12-5-4-8-19-12/h11-12,15H,4-10H2,1-3H3. The van der Waals surface area contributed by atoms with Gasteiger partial charge in [0, 0.05) is 25.7 Å². The van der Waals surface area contributed by atoms with Crippen molar-refractivity contribution in [3.63, 3.8) is 0 Å². The predicted octanol–water partition coefficient (Wildman–Crippen LogP) is 0.781. The van der Waals surface area contributed by atoms with Crippen LogP contribution in [0.15, 0.2) is 0 Å². The van der Waals surface area contributed by atoms with Gasteiger partial charge in [0.1, 0.15) is 5.54 Å². The first kappa shape index (κ1) is 14.8. The molecule has 110 valence electrons. The summed E-state index contributed by atoms with van der Waals surface area (Å²) in [7, 11) is 3.49. The van der Waals surface area contributed by atoms with E-state index in [4.69, 9.17) is 9.47 Å². The van der Waals surface area contributed by atoms with Crippen molar-refractivity contribution in [2.24, 2.45) is 0 Å². The van der Waals surface area contributed by atoms with Crippen LogP contribution in [0.1, 0.15) is 32.6 Å². The average Bonchev–Trinajstić information content (AvgIpc) is 3.01. The lowest BCUT2D eigenvalue weighted by Gasteiger charge is -2.33. The third-order valence-electron chi connectivity index (χ3n) is 3.86. The van der Waals surface area contributed by atoms with E-state index in [-0.39, 0.29) is 5.97 Å². The van der Waals surface area contributed by atoms with E-state index in [1.807, 2.05) is 14.0 Å². The highest BCUT2D eigenvalue weighted by Crippen LogP contribution is 2.24. The molecule has 2 aliphatic rings. The van der Waals surface area contributed by atoms with E-state index in [1.54, 1.807) is 0 Å². The van der Waals surface area contributed by atoms with Gasteiger partial charge in [-0.25, -0.2) is 0 Å². The minimum atomic E-state index is -0.622. The molecule has 1 saturated carbocycles. The van der Waals surface area contributed by atoms with Gasteiger partial charge in [-0.15, -0.1) is 0 Å². The second-order valence-corrected chi connectivity index (χ2v) is 6.07. The number of hydrogen-bond donors (Lipinski definition) is 1. The molecular formula is C14H26N2O3. The number of likely N-dealkylation sites (N-methyl/N-ethyl adjacent to an activating group) is 1. The molecule has 0 aromatic carbocycles. The molecule has 1 aliphatic carbocycles. The minimum Gasteiger partial charge on any atom is -0.468 e. The number of nitrogens with one attached hydrogen (secondary N) is 1. The van der Waals surface area contributed by atoms with Gasteiger partial charge in [-0.3, -0.25) is 10.1 Å². The molecule has 1 saturated heterocycles. The van der Waals surface area contributed by atoms with Crippen LogP contribution in [-0.4, -0.2) is 62.4 Å². The zero-order chi connectivity index (χ0) is 13.9. The van der Waals surface area contributed by atoms with Crippen LogP contribution < -0.4 is 5.32 Å². The van der Waals surface area contributed by atoms with E-state index >= 15 is 0 Å². The monoisotopic (exact) mass is 270 g/mol. The Bertz CT molecular complexity index is 314. The first-order chi connectivity index (χ1) is 9.03. The third-order valence-corrected chi connectivity index (χ3v) is 3.86. The van der Waals surface area contributed by atoms with Gasteiger partial charge < -0.3 is 14.4 Å². The predicted molar refractivity (Wildman–Crippen MR) is 73.0 cm³/mol. The van der Waals surface area contributed by atoms with E-state index in [1.165, 1.54) is 7.11 Å². The number of ether oxygens (including phenoxy) is 2. The summed E-state index contributed by atoms with van der Waals surface area (Å²) in [5.74, 6) is -0.182. The largest absolute Gasteiger partial charge is 0.468 e. The maximum absolute atomic E-state index is 12.0. The first-order valence-electron chi connectivity index (χ1n) is 7.20. The number of carbonyl (C=O) groups is 1. The third kappa shape index (κ3) is 4.16. The van der Waals surface area contributed by atoms with Crippen LogP contribution in [0.25, 0.3) is 0 Å². The van der Waals surface area contributed by atoms with E-state index < -0.39 is 5.54 Å². The highest BCUT2D eigenvalue weighted by atomic mass is 16.5. The van der Waals surface area contributed by atoms with Gasteiger partial charge in [-0.2, -0.15) is 0 Å². The first-order valence-corrected chi connectivity index (χ1v) is 7.20. The van der Waals surface area contributed by atoms with Gasteiger partial charge in [-0.1, -0.05) is 0 Å². The topological polar surface area (TPSA) is 50.8 Å². The van der Waals surface area contributed by atoms with Crippen LogP contribution in [0.5, 0.6) is 0 Å². The molecule has 5 heteroatoms. The highest BCUT2D eigenvalue weighted by molar-refractivity contribution is 5.80. The van der Waals surface area contributed by atoms with E-state index in [0.717, 1.165) is 38.8 Å². The lowest BCUT2D eigenvalue weighted by molar-refractivity contribution is -0.149. The zero-order valence-corrected chi connectivity index (χ0v) is 12.3. The molecule has 0 aromatic heterocycles. The minimum absolute atomic E-state index is 0.182. The van der Waals surface area contributed by atoms with Gasteiger partial charge in [0.15, 0.2) is 0 Å². The number of hydrogen-bond acceptors (Lipinski definition) is 5. The Hall–Kier alpha value is -0.650. The number of rotatable bonds is 7. The van der Waals surface area contributed by atoms with Gasteiger partial charge in [-0.05, 0) is 39.7 Å². The molecule has 2 atom stereocenters. The molecule has 2 fully saturated rings. The molecule has 0 radical (unpaired) electrons. The molecular weight excluding hydrogens is 244 g/mol. The van der Waals surface area contributed by atoms with Crippen LogP contribution >= 0.6 is 0 Å². The fourth-order valence-corrected chi connectivity index (χ4v) is 2.81. The van der Waals surface area contributed by atoms with Crippen molar-refractivity contribution in [3.8, 4) is 0 Å². The van der Waals surface area contributed by atoms with E-state index in [0.29, 0.717) is 18.7 Å². The Morgan fingerprint density at radius 3 is 2.74 bits per heavy atom. The smallest absolute Gasteiger partial charge is 0.327 e. The molecule has 1 aliphatic heterocycles. The molecule has 0 bridgehead atoms. The maximum atomic E-state index is 12.0. The van der Waals surface area contributed by atoms with Crippen LogP contribution in [0, 0.1) is 0 Å². The van der Waals surface area contributed by atoms with Gasteiger partial charge in [0.2, 0.25) is 0 Å². The molecule has 5 nitrogen and oxygen atoms in total. The molecule has 2 unspecified atom stereocenters. The summed E-state index contributed by atoms with van der Waals surface area (Å²) < 4.78 is 10.6. The summed E-state index contributed by atoms with van der Waals surface area (Å²) >= 11 is 0. The van der Waals surface area contributed by atoms with Crippen molar-refractivity contribution in [2.75, 3.05) is 33.9 Å². The van der Waals surface area contributed by atoms with Crippen LogP contribution in [-0.2, 0) is 14.3 Å². The molecule has 1 N–H and O–H groups in total. The van der Waals surface area contributed by atoms with Crippen molar-refractivity contribution < 1.29 is 14.3 Å².